The third-order valence-corrected chi connectivity index (χ3v) is 3.65. The summed E-state index contributed by atoms with van der Waals surface area (Å²) in [5.41, 5.74) is 3.68. The predicted molar refractivity (Wildman–Crippen MR) is 97.7 cm³/mol. The predicted octanol–water partition coefficient (Wildman–Crippen LogP) is -1.69. The Kier molecular flexibility index (Phi) is 16.9. The molecule has 0 amide bonds. The van der Waals surface area contributed by atoms with E-state index in [2.05, 4.69) is 60.3 Å². The Morgan fingerprint density at radius 1 is 1.04 bits per heavy atom. The molecule has 0 fully saturated rings. The Morgan fingerprint density at radius 2 is 1.70 bits per heavy atom. The van der Waals surface area contributed by atoms with Crippen LogP contribution in [-0.2, 0) is 33.2 Å². The van der Waals surface area contributed by atoms with Gasteiger partial charge in [0, 0.05) is 12.5 Å². The van der Waals surface area contributed by atoms with Gasteiger partial charge in [-0.25, -0.2) is 4.89 Å². The molecule has 0 saturated heterocycles. The van der Waals surface area contributed by atoms with Crippen molar-refractivity contribution in [2.75, 3.05) is 20.6 Å². The third-order valence-electron chi connectivity index (χ3n) is 3.65. The van der Waals surface area contributed by atoms with Gasteiger partial charge in [-0.15, -0.1) is 0 Å². The molecule has 27 heavy (non-hydrogen) atoms. The van der Waals surface area contributed by atoms with Gasteiger partial charge in [0.2, 0.25) is 0 Å². The summed E-state index contributed by atoms with van der Waals surface area (Å²) in [7, 11) is 4.20. The van der Waals surface area contributed by atoms with Gasteiger partial charge in [-0.3, -0.25) is 5.26 Å². The van der Waals surface area contributed by atoms with Crippen molar-refractivity contribution in [3.8, 4) is 0 Å². The summed E-state index contributed by atoms with van der Waals surface area (Å²) in [5.74, 6) is 0.425. The molecular weight excluding hydrogens is 417 g/mol. The van der Waals surface area contributed by atoms with Crippen LogP contribution in [0.3, 0.4) is 0 Å². The van der Waals surface area contributed by atoms with Crippen molar-refractivity contribution in [2.24, 2.45) is 0 Å². The number of nitrogens with zero attached hydrogens (tertiary/aromatic N) is 1. The van der Waals surface area contributed by atoms with Crippen LogP contribution >= 0.6 is 0 Å². The molecule has 1 N–H and O–H groups in total. The molecule has 2 aromatic carbocycles. The Hall–Kier alpha value is -0.906. The maximum absolute atomic E-state index is 8.02. The molecule has 0 aromatic heterocycles. The molecule has 1 unspecified atom stereocenters. The molecule has 1 radical (unpaired) electrons. The van der Waals surface area contributed by atoms with Gasteiger partial charge in [-0.05, 0) is 25.2 Å². The Morgan fingerprint density at radius 3 is 2.26 bits per heavy atom. The number of halogens is 2. The summed E-state index contributed by atoms with van der Waals surface area (Å²) >= 11 is 0. The van der Waals surface area contributed by atoms with Crippen molar-refractivity contribution in [2.45, 2.75) is 12.5 Å². The van der Waals surface area contributed by atoms with Gasteiger partial charge in [0.25, 0.3) is 0 Å². The zero-order chi connectivity index (χ0) is 17.2. The van der Waals surface area contributed by atoms with E-state index in [4.69, 9.17) is 5.26 Å². The van der Waals surface area contributed by atoms with Crippen molar-refractivity contribution >= 4 is 0 Å². The van der Waals surface area contributed by atoms with Gasteiger partial charge in [0.1, 0.15) is 6.61 Å². The molecule has 1 aliphatic carbocycles. The second-order valence-electron chi connectivity index (χ2n) is 5.92. The van der Waals surface area contributed by atoms with E-state index in [1.54, 1.807) is 0 Å². The van der Waals surface area contributed by atoms with E-state index < -0.39 is 0 Å². The molecule has 0 heterocycles. The zero-order valence-electron chi connectivity index (χ0n) is 15.5. The average Bonchev–Trinajstić information content (AvgIpc) is 3.05. The minimum Gasteiger partial charge on any atom is -1.00 e. The standard InChI is InChI=1S/C14H16N.C7H8O2.2ClH.Ti/c1-15(2)11-13-9-6-10-14(13)12-7-4-3-5-8-12;8-9-6-7-4-2-1-3-5-7;;;/h3-7,9-10,14H,11H2,1-2H3;1-5,8H,6H2;2*1H;/q-1;;;;+3/p-2. The molecule has 0 spiro atoms. The van der Waals surface area contributed by atoms with E-state index >= 15 is 0 Å². The van der Waals surface area contributed by atoms with Crippen LogP contribution in [0, 0.1) is 6.07 Å². The van der Waals surface area contributed by atoms with Gasteiger partial charge in [-0.1, -0.05) is 48.6 Å². The number of benzene rings is 2. The first-order valence-electron chi connectivity index (χ1n) is 7.99. The molecule has 0 bridgehead atoms. The number of allylic oxidation sites excluding steroid dienone is 3. The van der Waals surface area contributed by atoms with Crippen molar-refractivity contribution in [3.05, 3.63) is 95.6 Å². The van der Waals surface area contributed by atoms with Crippen molar-refractivity contribution in [3.63, 3.8) is 0 Å². The summed E-state index contributed by atoms with van der Waals surface area (Å²) in [4.78, 5) is 6.13. The quantitative estimate of drug-likeness (QED) is 0.260. The number of likely N-dealkylation sites (N-methyl/N-ethyl adjacent to an activating group) is 1. The molecule has 1 atom stereocenters. The fraction of sp³-hybridized carbons (Fsp3) is 0.238. The van der Waals surface area contributed by atoms with E-state index in [0.29, 0.717) is 5.92 Å². The fourth-order valence-corrected chi connectivity index (χ4v) is 2.59. The molecular formula is C21H24Cl2NO2Ti. The summed E-state index contributed by atoms with van der Waals surface area (Å²) in [5, 5.41) is 8.02. The maximum atomic E-state index is 8.02. The average molecular weight is 441 g/mol. The van der Waals surface area contributed by atoms with Gasteiger partial charge in [0.05, 0.1) is 0 Å². The van der Waals surface area contributed by atoms with Crippen LogP contribution < -0.4 is 24.8 Å². The molecule has 3 nitrogen and oxygen atoms in total. The number of rotatable bonds is 5. The molecule has 3 rings (SSSR count). The Bertz CT molecular complexity index is 664. The largest absolute Gasteiger partial charge is 3.00 e. The first-order valence-corrected chi connectivity index (χ1v) is 7.99. The van der Waals surface area contributed by atoms with Crippen LogP contribution in [0.2, 0.25) is 0 Å². The van der Waals surface area contributed by atoms with E-state index in [0.717, 1.165) is 12.1 Å². The summed E-state index contributed by atoms with van der Waals surface area (Å²) in [6, 6.07) is 21.0. The summed E-state index contributed by atoms with van der Waals surface area (Å²) < 4.78 is 0. The Balaban J connectivity index is 0. The fourth-order valence-electron chi connectivity index (χ4n) is 2.59. The van der Waals surface area contributed by atoms with E-state index in [1.165, 1.54) is 11.1 Å². The smallest absolute Gasteiger partial charge is 1.00 e. The zero-order valence-corrected chi connectivity index (χ0v) is 18.6. The molecule has 6 heteroatoms. The van der Waals surface area contributed by atoms with Gasteiger partial charge in [0.15, 0.2) is 0 Å². The number of hydrogen-bond donors (Lipinski definition) is 1. The monoisotopic (exact) mass is 440 g/mol. The SMILES string of the molecule is CN(C)CC1=CC=CC1c1[c-]cccc1.OOCc1ccccc1.[Cl-].[Cl-].[Ti+3]. The van der Waals surface area contributed by atoms with E-state index in [1.807, 2.05) is 42.5 Å². The van der Waals surface area contributed by atoms with Crippen molar-refractivity contribution in [1.29, 1.82) is 0 Å². The minimum atomic E-state index is 0. The van der Waals surface area contributed by atoms with Crippen LogP contribution in [0.15, 0.2) is 78.4 Å². The number of hydrogen-bond acceptors (Lipinski definition) is 3. The van der Waals surface area contributed by atoms with Crippen LogP contribution in [0.5, 0.6) is 0 Å². The first kappa shape index (κ1) is 28.3. The van der Waals surface area contributed by atoms with E-state index in [9.17, 15) is 0 Å². The second kappa shape index (κ2) is 16.1. The molecule has 2 aromatic rings. The molecule has 0 saturated carbocycles. The second-order valence-corrected chi connectivity index (χ2v) is 5.92. The Labute approximate surface area is 189 Å². The van der Waals surface area contributed by atoms with Crippen LogP contribution in [0.1, 0.15) is 17.0 Å². The maximum Gasteiger partial charge on any atom is 3.00 e. The summed E-state index contributed by atoms with van der Waals surface area (Å²) in [6.07, 6.45) is 6.60. The van der Waals surface area contributed by atoms with Crippen LogP contribution in [0.25, 0.3) is 0 Å². The van der Waals surface area contributed by atoms with Gasteiger partial charge < -0.3 is 29.7 Å². The van der Waals surface area contributed by atoms with Crippen LogP contribution in [0.4, 0.5) is 0 Å². The first-order chi connectivity index (χ1) is 11.7. The van der Waals surface area contributed by atoms with Crippen molar-refractivity contribution < 1.29 is 56.7 Å². The third kappa shape index (κ3) is 10.3. The molecule has 143 valence electrons. The normalized spacial score (nSPS) is 14.1. The minimum absolute atomic E-state index is 0. The van der Waals surface area contributed by atoms with E-state index in [-0.39, 0.29) is 53.1 Å². The van der Waals surface area contributed by atoms with Crippen molar-refractivity contribution in [1.82, 2.24) is 4.90 Å². The van der Waals surface area contributed by atoms with Crippen LogP contribution in [-0.4, -0.2) is 30.8 Å². The van der Waals surface area contributed by atoms with Gasteiger partial charge in [-0.2, -0.15) is 35.9 Å². The topological polar surface area (TPSA) is 32.7 Å². The molecule has 0 aliphatic heterocycles. The van der Waals surface area contributed by atoms with Gasteiger partial charge >= 0.3 is 21.7 Å². The molecule has 1 aliphatic rings. The summed E-state index contributed by atoms with van der Waals surface area (Å²) in [6.45, 7) is 1.28.